The van der Waals surface area contributed by atoms with Gasteiger partial charge >= 0.3 is 0 Å². The van der Waals surface area contributed by atoms with Crippen molar-refractivity contribution in [3.63, 3.8) is 0 Å². The van der Waals surface area contributed by atoms with Gasteiger partial charge < -0.3 is 0 Å². The molecule has 0 atom stereocenters. The topological polar surface area (TPSA) is 0 Å². The quantitative estimate of drug-likeness (QED) is 0.198. The first-order valence-corrected chi connectivity index (χ1v) is 14.5. The van der Waals surface area contributed by atoms with E-state index >= 15 is 0 Å². The van der Waals surface area contributed by atoms with Crippen molar-refractivity contribution in [3.8, 4) is 44.5 Å². The van der Waals surface area contributed by atoms with Crippen LogP contribution in [0.15, 0.2) is 170 Å². The van der Waals surface area contributed by atoms with Crippen molar-refractivity contribution in [3.05, 3.63) is 170 Å². The third-order valence-electron chi connectivity index (χ3n) is 8.46. The summed E-state index contributed by atoms with van der Waals surface area (Å²) in [6, 6.07) is 61.7. The molecule has 0 amide bonds. The van der Waals surface area contributed by atoms with Gasteiger partial charge in [-0.05, 0) is 82.9 Å². The molecule has 196 valence electrons. The Morgan fingerprint density at radius 3 is 1.19 bits per heavy atom. The summed E-state index contributed by atoms with van der Waals surface area (Å²) in [6.45, 7) is 0. The van der Waals surface area contributed by atoms with E-state index in [0.29, 0.717) is 0 Å². The molecule has 42 heavy (non-hydrogen) atoms. The van der Waals surface area contributed by atoms with E-state index in [1.165, 1.54) is 76.8 Å². The zero-order valence-electron chi connectivity index (χ0n) is 23.2. The van der Waals surface area contributed by atoms with E-state index in [1.54, 1.807) is 0 Å². The van der Waals surface area contributed by atoms with E-state index < -0.39 is 0 Å². The fourth-order valence-corrected chi connectivity index (χ4v) is 6.55. The summed E-state index contributed by atoms with van der Waals surface area (Å²) in [5.74, 6) is 0. The van der Waals surface area contributed by atoms with Crippen molar-refractivity contribution in [2.75, 3.05) is 0 Å². The Bertz CT molecular complexity index is 2190. The molecule has 0 N–H and O–H groups in total. The number of hydrogen-bond donors (Lipinski definition) is 0. The van der Waals surface area contributed by atoms with Crippen LogP contribution in [0.3, 0.4) is 0 Å². The average molecular weight is 533 g/mol. The molecule has 0 heterocycles. The van der Waals surface area contributed by atoms with E-state index in [9.17, 15) is 0 Å². The predicted octanol–water partition coefficient (Wildman–Crippen LogP) is 11.8. The molecule has 8 rings (SSSR count). The number of benzene rings is 8. The van der Waals surface area contributed by atoms with Crippen molar-refractivity contribution >= 4 is 32.3 Å². The summed E-state index contributed by atoms with van der Waals surface area (Å²) in [6.07, 6.45) is 0. The Morgan fingerprint density at radius 2 is 0.619 bits per heavy atom. The molecule has 0 aliphatic heterocycles. The number of fused-ring (bicyclic) bond motifs is 6. The Hall–Kier alpha value is -5.46. The van der Waals surface area contributed by atoms with Crippen LogP contribution in [0.5, 0.6) is 0 Å². The molecule has 8 aromatic carbocycles. The maximum Gasteiger partial charge on any atom is -0.000786 e. The van der Waals surface area contributed by atoms with Gasteiger partial charge in [0.15, 0.2) is 0 Å². The third kappa shape index (κ3) is 4.00. The Labute approximate surface area is 246 Å². The van der Waals surface area contributed by atoms with Gasteiger partial charge in [-0.15, -0.1) is 0 Å². The Balaban J connectivity index is 1.56. The molecule has 0 nitrogen and oxygen atoms in total. The maximum absolute atomic E-state index is 2.43. The first-order valence-electron chi connectivity index (χ1n) is 14.5. The van der Waals surface area contributed by atoms with Crippen molar-refractivity contribution in [2.24, 2.45) is 0 Å². The molecule has 0 fully saturated rings. The van der Waals surface area contributed by atoms with Gasteiger partial charge in [0.25, 0.3) is 0 Å². The van der Waals surface area contributed by atoms with Gasteiger partial charge in [0, 0.05) is 0 Å². The standard InChI is InChI=1S/C42H28/c1-4-14-29(15-5-1)30-24-26-32(27-25-30)38-28-39(31-16-6-2-7-17-31)41-36-22-12-10-20-34(36)35-21-11-13-23-37(35)42(41)40(38)33-18-8-3-9-19-33/h1-28H. The SMILES string of the molecule is c1ccc(-c2ccc(-c3cc(-c4ccccc4)c4c5ccccc5c5ccccc5c4c3-c3ccccc3)cc2)cc1. The summed E-state index contributed by atoms with van der Waals surface area (Å²) >= 11 is 0. The molecular weight excluding hydrogens is 504 g/mol. The summed E-state index contributed by atoms with van der Waals surface area (Å²) in [5.41, 5.74) is 9.90. The maximum atomic E-state index is 2.43. The van der Waals surface area contributed by atoms with Crippen LogP contribution in [0, 0.1) is 0 Å². The van der Waals surface area contributed by atoms with Gasteiger partial charge in [-0.3, -0.25) is 0 Å². The van der Waals surface area contributed by atoms with Gasteiger partial charge in [-0.25, -0.2) is 0 Å². The smallest absolute Gasteiger partial charge is 0.000786 e. The molecule has 0 heteroatoms. The molecule has 0 radical (unpaired) electrons. The third-order valence-corrected chi connectivity index (χ3v) is 8.46. The second-order valence-corrected chi connectivity index (χ2v) is 10.9. The fraction of sp³-hybridized carbons (Fsp3) is 0. The normalized spacial score (nSPS) is 11.3. The summed E-state index contributed by atoms with van der Waals surface area (Å²) in [5, 5.41) is 7.75. The lowest BCUT2D eigenvalue weighted by atomic mass is 9.81. The van der Waals surface area contributed by atoms with Crippen molar-refractivity contribution in [1.29, 1.82) is 0 Å². The van der Waals surface area contributed by atoms with Gasteiger partial charge in [-0.2, -0.15) is 0 Å². The minimum absolute atomic E-state index is 1.21. The lowest BCUT2D eigenvalue weighted by molar-refractivity contribution is 1.58. The Kier molecular flexibility index (Phi) is 5.90. The molecule has 0 aromatic heterocycles. The predicted molar refractivity (Wildman–Crippen MR) is 181 cm³/mol. The molecular formula is C42H28. The zero-order valence-corrected chi connectivity index (χ0v) is 23.2. The monoisotopic (exact) mass is 532 g/mol. The summed E-state index contributed by atoms with van der Waals surface area (Å²) in [4.78, 5) is 0. The number of hydrogen-bond acceptors (Lipinski definition) is 0. The van der Waals surface area contributed by atoms with E-state index in [1.807, 2.05) is 0 Å². The van der Waals surface area contributed by atoms with E-state index in [2.05, 4.69) is 170 Å². The average Bonchev–Trinajstić information content (AvgIpc) is 3.09. The molecule has 0 spiro atoms. The minimum atomic E-state index is 1.21. The van der Waals surface area contributed by atoms with Crippen LogP contribution < -0.4 is 0 Å². The molecule has 0 saturated heterocycles. The second kappa shape index (κ2) is 10.2. The molecule has 0 aliphatic rings. The Morgan fingerprint density at radius 1 is 0.238 bits per heavy atom. The minimum Gasteiger partial charge on any atom is -0.0622 e. The highest BCUT2D eigenvalue weighted by Crippen LogP contribution is 2.48. The second-order valence-electron chi connectivity index (χ2n) is 10.9. The number of rotatable bonds is 4. The van der Waals surface area contributed by atoms with E-state index in [-0.39, 0.29) is 0 Å². The molecule has 8 aromatic rings. The van der Waals surface area contributed by atoms with Crippen LogP contribution in [0.2, 0.25) is 0 Å². The van der Waals surface area contributed by atoms with E-state index in [4.69, 9.17) is 0 Å². The largest absolute Gasteiger partial charge is 0.0622 e. The molecule has 0 saturated carbocycles. The summed E-state index contributed by atoms with van der Waals surface area (Å²) in [7, 11) is 0. The highest BCUT2D eigenvalue weighted by atomic mass is 14.2. The van der Waals surface area contributed by atoms with Crippen LogP contribution >= 0.6 is 0 Å². The van der Waals surface area contributed by atoms with Crippen LogP contribution in [-0.2, 0) is 0 Å². The zero-order chi connectivity index (χ0) is 27.9. The molecule has 0 unspecified atom stereocenters. The highest BCUT2D eigenvalue weighted by molar-refractivity contribution is 6.32. The van der Waals surface area contributed by atoms with Crippen molar-refractivity contribution < 1.29 is 0 Å². The van der Waals surface area contributed by atoms with Gasteiger partial charge in [0.05, 0.1) is 0 Å². The lowest BCUT2D eigenvalue weighted by Gasteiger charge is -2.22. The molecule has 0 bridgehead atoms. The fourth-order valence-electron chi connectivity index (χ4n) is 6.55. The van der Waals surface area contributed by atoms with Crippen LogP contribution in [0.4, 0.5) is 0 Å². The van der Waals surface area contributed by atoms with Gasteiger partial charge in [0.2, 0.25) is 0 Å². The van der Waals surface area contributed by atoms with Crippen molar-refractivity contribution in [1.82, 2.24) is 0 Å². The van der Waals surface area contributed by atoms with Gasteiger partial charge in [-0.1, -0.05) is 164 Å². The van der Waals surface area contributed by atoms with Gasteiger partial charge in [0.1, 0.15) is 0 Å². The molecule has 0 aliphatic carbocycles. The van der Waals surface area contributed by atoms with E-state index in [0.717, 1.165) is 0 Å². The van der Waals surface area contributed by atoms with Crippen LogP contribution in [-0.4, -0.2) is 0 Å². The van der Waals surface area contributed by atoms with Crippen LogP contribution in [0.1, 0.15) is 0 Å². The van der Waals surface area contributed by atoms with Crippen LogP contribution in [0.25, 0.3) is 76.8 Å². The first-order chi connectivity index (χ1) is 20.9. The highest BCUT2D eigenvalue weighted by Gasteiger charge is 2.21. The lowest BCUT2D eigenvalue weighted by Crippen LogP contribution is -1.94. The summed E-state index contributed by atoms with van der Waals surface area (Å²) < 4.78 is 0. The first kappa shape index (κ1) is 24.3. The van der Waals surface area contributed by atoms with Crippen molar-refractivity contribution in [2.45, 2.75) is 0 Å².